The zero-order chi connectivity index (χ0) is 13.1. The highest BCUT2D eigenvalue weighted by molar-refractivity contribution is 5.53. The molecule has 0 N–H and O–H groups in total. The SMILES string of the molecule is O=[N+]([O-])c1ccc(OC2CCCC2)c([N+](=O)[O-])c1. The van der Waals surface area contributed by atoms with Crippen molar-refractivity contribution in [2.75, 3.05) is 0 Å². The Morgan fingerprint density at radius 1 is 1.11 bits per heavy atom. The summed E-state index contributed by atoms with van der Waals surface area (Å²) in [5, 5.41) is 21.4. The van der Waals surface area contributed by atoms with E-state index in [1.54, 1.807) is 0 Å². The Labute approximate surface area is 103 Å². The molecule has 0 spiro atoms. The van der Waals surface area contributed by atoms with E-state index in [1.807, 2.05) is 0 Å². The predicted octanol–water partition coefficient (Wildman–Crippen LogP) is 2.82. The lowest BCUT2D eigenvalue weighted by molar-refractivity contribution is -0.394. The van der Waals surface area contributed by atoms with Crippen LogP contribution in [0.15, 0.2) is 18.2 Å². The van der Waals surface area contributed by atoms with Crippen LogP contribution in [0, 0.1) is 20.2 Å². The van der Waals surface area contributed by atoms with E-state index in [1.165, 1.54) is 12.1 Å². The average molecular weight is 252 g/mol. The third-order valence-electron chi connectivity index (χ3n) is 2.95. The average Bonchev–Trinajstić information content (AvgIpc) is 2.81. The highest BCUT2D eigenvalue weighted by atomic mass is 16.6. The van der Waals surface area contributed by atoms with Gasteiger partial charge in [-0.25, -0.2) is 0 Å². The maximum atomic E-state index is 10.9. The van der Waals surface area contributed by atoms with E-state index >= 15 is 0 Å². The van der Waals surface area contributed by atoms with Crippen LogP contribution in [0.3, 0.4) is 0 Å². The number of non-ortho nitro benzene ring substituents is 1. The van der Waals surface area contributed by atoms with Crippen LogP contribution in [0.1, 0.15) is 25.7 Å². The molecular formula is C11H12N2O5. The number of hydrogen-bond acceptors (Lipinski definition) is 5. The van der Waals surface area contributed by atoms with Gasteiger partial charge in [0.1, 0.15) is 0 Å². The van der Waals surface area contributed by atoms with Crippen molar-refractivity contribution in [3.63, 3.8) is 0 Å². The van der Waals surface area contributed by atoms with Gasteiger partial charge in [0.15, 0.2) is 5.75 Å². The minimum Gasteiger partial charge on any atom is -0.483 e. The van der Waals surface area contributed by atoms with E-state index in [0.29, 0.717) is 0 Å². The van der Waals surface area contributed by atoms with Gasteiger partial charge in [-0.05, 0) is 31.7 Å². The highest BCUT2D eigenvalue weighted by Gasteiger charge is 2.24. The van der Waals surface area contributed by atoms with E-state index in [9.17, 15) is 20.2 Å². The Kier molecular flexibility index (Phi) is 3.40. The van der Waals surface area contributed by atoms with E-state index in [-0.39, 0.29) is 23.2 Å². The normalized spacial score (nSPS) is 15.6. The van der Waals surface area contributed by atoms with E-state index in [4.69, 9.17) is 4.74 Å². The van der Waals surface area contributed by atoms with Crippen molar-refractivity contribution in [1.29, 1.82) is 0 Å². The minimum absolute atomic E-state index is 0.0230. The quantitative estimate of drug-likeness (QED) is 0.606. The fourth-order valence-electron chi connectivity index (χ4n) is 2.05. The summed E-state index contributed by atoms with van der Waals surface area (Å²) < 4.78 is 5.54. The summed E-state index contributed by atoms with van der Waals surface area (Å²) in [5.41, 5.74) is -0.656. The van der Waals surface area contributed by atoms with Crippen LogP contribution in [-0.4, -0.2) is 16.0 Å². The first-order valence-electron chi connectivity index (χ1n) is 5.67. The summed E-state index contributed by atoms with van der Waals surface area (Å²) in [6, 6.07) is 3.45. The first-order chi connectivity index (χ1) is 8.58. The summed E-state index contributed by atoms with van der Waals surface area (Å²) in [4.78, 5) is 20.1. The summed E-state index contributed by atoms with van der Waals surface area (Å²) in [5.74, 6) is 0.109. The van der Waals surface area contributed by atoms with Crippen LogP contribution >= 0.6 is 0 Å². The molecule has 7 heteroatoms. The summed E-state index contributed by atoms with van der Waals surface area (Å²) in [6.45, 7) is 0. The molecule has 2 rings (SSSR count). The lowest BCUT2D eigenvalue weighted by Crippen LogP contribution is -2.12. The largest absolute Gasteiger partial charge is 0.483 e. The van der Waals surface area contributed by atoms with Gasteiger partial charge in [0, 0.05) is 6.07 Å². The fraction of sp³-hybridized carbons (Fsp3) is 0.455. The van der Waals surface area contributed by atoms with Crippen LogP contribution < -0.4 is 4.74 Å². The molecule has 1 saturated carbocycles. The molecule has 0 atom stereocenters. The van der Waals surface area contributed by atoms with Crippen molar-refractivity contribution in [1.82, 2.24) is 0 Å². The van der Waals surface area contributed by atoms with Crippen molar-refractivity contribution >= 4 is 11.4 Å². The van der Waals surface area contributed by atoms with Crippen LogP contribution in [0.4, 0.5) is 11.4 Å². The first-order valence-corrected chi connectivity index (χ1v) is 5.67. The molecule has 1 aromatic rings. The maximum absolute atomic E-state index is 10.9. The van der Waals surface area contributed by atoms with Crippen LogP contribution in [0.25, 0.3) is 0 Å². The molecule has 0 radical (unpaired) electrons. The fourth-order valence-corrected chi connectivity index (χ4v) is 2.05. The van der Waals surface area contributed by atoms with E-state index < -0.39 is 9.85 Å². The Hall–Kier alpha value is -2.18. The third-order valence-corrected chi connectivity index (χ3v) is 2.95. The molecule has 1 fully saturated rings. The Bertz CT molecular complexity index is 482. The van der Waals surface area contributed by atoms with Crippen LogP contribution in [0.5, 0.6) is 5.75 Å². The molecule has 96 valence electrons. The van der Waals surface area contributed by atoms with Gasteiger partial charge in [0.05, 0.1) is 22.0 Å². The molecular weight excluding hydrogens is 240 g/mol. The number of ether oxygens (including phenoxy) is 1. The lowest BCUT2D eigenvalue weighted by atomic mass is 10.2. The van der Waals surface area contributed by atoms with Crippen molar-refractivity contribution < 1.29 is 14.6 Å². The van der Waals surface area contributed by atoms with Crippen molar-refractivity contribution in [2.24, 2.45) is 0 Å². The number of nitrogens with zero attached hydrogens (tertiary/aromatic N) is 2. The second-order valence-electron chi connectivity index (χ2n) is 4.19. The number of benzene rings is 1. The number of nitro groups is 2. The van der Waals surface area contributed by atoms with Crippen molar-refractivity contribution in [3.05, 3.63) is 38.4 Å². The molecule has 0 heterocycles. The topological polar surface area (TPSA) is 95.5 Å². The molecule has 0 amide bonds. The highest BCUT2D eigenvalue weighted by Crippen LogP contribution is 2.34. The van der Waals surface area contributed by atoms with Gasteiger partial charge in [-0.2, -0.15) is 0 Å². The zero-order valence-electron chi connectivity index (χ0n) is 9.57. The minimum atomic E-state index is -0.660. The molecule has 1 aliphatic rings. The molecule has 0 unspecified atom stereocenters. The van der Waals surface area contributed by atoms with Crippen molar-refractivity contribution in [3.8, 4) is 5.75 Å². The number of nitro benzene ring substituents is 2. The first kappa shape index (κ1) is 12.3. The van der Waals surface area contributed by atoms with Gasteiger partial charge in [-0.1, -0.05) is 0 Å². The molecule has 18 heavy (non-hydrogen) atoms. The molecule has 7 nitrogen and oxygen atoms in total. The molecule has 0 saturated heterocycles. The van der Waals surface area contributed by atoms with Gasteiger partial charge in [-0.3, -0.25) is 20.2 Å². The Morgan fingerprint density at radius 3 is 2.33 bits per heavy atom. The van der Waals surface area contributed by atoms with Gasteiger partial charge in [0.25, 0.3) is 5.69 Å². The standard InChI is InChI=1S/C11H12N2O5/c14-12(15)8-5-6-11(10(7-8)13(16)17)18-9-3-1-2-4-9/h5-7,9H,1-4H2. The third kappa shape index (κ3) is 2.55. The monoisotopic (exact) mass is 252 g/mol. The Balaban J connectivity index is 2.28. The molecule has 0 aliphatic heterocycles. The van der Waals surface area contributed by atoms with Gasteiger partial charge >= 0.3 is 5.69 Å². The van der Waals surface area contributed by atoms with Crippen LogP contribution in [0.2, 0.25) is 0 Å². The van der Waals surface area contributed by atoms with E-state index in [0.717, 1.165) is 31.7 Å². The second kappa shape index (κ2) is 4.99. The van der Waals surface area contributed by atoms with E-state index in [2.05, 4.69) is 0 Å². The second-order valence-corrected chi connectivity index (χ2v) is 4.19. The summed E-state index contributed by atoms with van der Waals surface area (Å²) in [6.07, 6.45) is 3.81. The number of hydrogen-bond donors (Lipinski definition) is 0. The smallest absolute Gasteiger partial charge is 0.317 e. The van der Waals surface area contributed by atoms with Gasteiger partial charge in [0.2, 0.25) is 0 Å². The summed E-state index contributed by atoms with van der Waals surface area (Å²) in [7, 11) is 0. The molecule has 1 aromatic carbocycles. The number of rotatable bonds is 4. The van der Waals surface area contributed by atoms with Crippen molar-refractivity contribution in [2.45, 2.75) is 31.8 Å². The lowest BCUT2D eigenvalue weighted by Gasteiger charge is -2.12. The predicted molar refractivity (Wildman–Crippen MR) is 62.6 cm³/mol. The Morgan fingerprint density at radius 2 is 1.78 bits per heavy atom. The zero-order valence-corrected chi connectivity index (χ0v) is 9.57. The summed E-state index contributed by atoms with van der Waals surface area (Å²) >= 11 is 0. The van der Waals surface area contributed by atoms with Crippen LogP contribution in [-0.2, 0) is 0 Å². The molecule has 1 aliphatic carbocycles. The molecule has 0 aromatic heterocycles. The molecule has 0 bridgehead atoms. The van der Waals surface area contributed by atoms with Gasteiger partial charge < -0.3 is 4.74 Å². The maximum Gasteiger partial charge on any atom is 0.317 e. The van der Waals surface area contributed by atoms with Gasteiger partial charge in [-0.15, -0.1) is 0 Å².